The molecule has 3 heterocycles. The molecule has 0 bridgehead atoms. The van der Waals surface area contributed by atoms with Crippen LogP contribution in [0.5, 0.6) is 11.6 Å². The van der Waals surface area contributed by atoms with E-state index in [9.17, 15) is 0 Å². The summed E-state index contributed by atoms with van der Waals surface area (Å²) in [5, 5.41) is 11.6. The summed E-state index contributed by atoms with van der Waals surface area (Å²) < 4.78 is 18.8. The Bertz CT molecular complexity index is 1380. The van der Waals surface area contributed by atoms with Crippen molar-refractivity contribution in [2.24, 2.45) is 21.5 Å². The highest BCUT2D eigenvalue weighted by molar-refractivity contribution is 6.32. The molecule has 1 saturated carbocycles. The molecular formula is C31H43ClN10O3. The zero-order chi connectivity index (χ0) is 31.7. The molecule has 0 radical (unpaired) electrons. The van der Waals surface area contributed by atoms with Gasteiger partial charge in [0.1, 0.15) is 17.5 Å². The summed E-state index contributed by atoms with van der Waals surface area (Å²) in [6.07, 6.45) is 17.0. The van der Waals surface area contributed by atoms with Crippen LogP contribution in [0.25, 0.3) is 11.1 Å². The largest absolute Gasteiger partial charge is 0.487 e. The molecule has 1 aliphatic carbocycles. The van der Waals surface area contributed by atoms with E-state index in [0.29, 0.717) is 40.9 Å². The Labute approximate surface area is 269 Å². The molecule has 1 aliphatic heterocycles. The van der Waals surface area contributed by atoms with Gasteiger partial charge in [-0.2, -0.15) is 0 Å². The van der Waals surface area contributed by atoms with Crippen molar-refractivity contribution < 1.29 is 14.2 Å². The van der Waals surface area contributed by atoms with Gasteiger partial charge in [0.05, 0.1) is 43.4 Å². The lowest BCUT2D eigenvalue weighted by atomic mass is 9.96. The summed E-state index contributed by atoms with van der Waals surface area (Å²) in [6.45, 7) is 6.27. The van der Waals surface area contributed by atoms with E-state index in [1.165, 1.54) is 31.8 Å². The molecule has 45 heavy (non-hydrogen) atoms. The predicted molar refractivity (Wildman–Crippen MR) is 179 cm³/mol. The first kappa shape index (κ1) is 33.7. The van der Waals surface area contributed by atoms with Gasteiger partial charge < -0.3 is 36.3 Å². The Kier molecular flexibility index (Phi) is 13.9. The monoisotopic (exact) mass is 638 g/mol. The molecule has 3 aromatic rings. The van der Waals surface area contributed by atoms with Crippen LogP contribution in [0.15, 0.2) is 59.1 Å². The third-order valence-corrected chi connectivity index (χ3v) is 7.34. The Hall–Kier alpha value is -4.20. The maximum Gasteiger partial charge on any atom is 0.258 e. The minimum Gasteiger partial charge on any atom is -0.487 e. The van der Waals surface area contributed by atoms with Gasteiger partial charge in [0, 0.05) is 37.3 Å². The molecule has 0 amide bonds. The SMILES string of the molecule is C1COCCN1.C[C@@H](CN=CN)Oc1cc(-c2cnc(Nc3cn(C4CCCCC4)nc3OC/N=C/C=C\N)nc2)ccc1Cl. The van der Waals surface area contributed by atoms with E-state index in [1.807, 2.05) is 29.9 Å². The summed E-state index contributed by atoms with van der Waals surface area (Å²) in [7, 11) is 0. The van der Waals surface area contributed by atoms with Gasteiger partial charge in [0.25, 0.3) is 5.88 Å². The molecule has 0 spiro atoms. The van der Waals surface area contributed by atoms with Gasteiger partial charge in [-0.1, -0.05) is 36.9 Å². The number of ether oxygens (including phenoxy) is 3. The van der Waals surface area contributed by atoms with Crippen molar-refractivity contribution in [1.29, 1.82) is 0 Å². The minimum absolute atomic E-state index is 0.110. The van der Waals surface area contributed by atoms with Crippen molar-refractivity contribution in [2.45, 2.75) is 51.2 Å². The van der Waals surface area contributed by atoms with E-state index in [4.69, 9.17) is 42.4 Å². The van der Waals surface area contributed by atoms with Crippen LogP contribution in [-0.4, -0.2) is 78.0 Å². The lowest BCUT2D eigenvalue weighted by molar-refractivity contribution is 0.109. The number of nitrogens with one attached hydrogen (secondary N) is 2. The number of aliphatic imine (C=N–C) groups is 2. The first-order valence-electron chi connectivity index (χ1n) is 15.2. The molecule has 1 atom stereocenters. The van der Waals surface area contributed by atoms with Crippen molar-refractivity contribution in [3.63, 3.8) is 0 Å². The van der Waals surface area contributed by atoms with Gasteiger partial charge in [0.15, 0.2) is 6.73 Å². The fraction of sp³-hybridized carbons (Fsp3) is 0.452. The standard InChI is InChI=1S/C27H34ClN9O2.C4H9NO/c1-19(13-32-17-30)39-25-12-20(8-9-23(25)28)21-14-33-27(34-15-21)35-24-16-37(22-6-3-2-4-7-22)36-26(24)38-18-31-11-5-10-29;1-3-6-4-2-5-1/h5,8-12,14-17,19,22H,2-4,6-7,13,18,29H2,1H3,(H2,30,32)(H,33,34,35);5H,1-4H2/b10-5-,31-11+;/t19-;/m0./s1. The quantitative estimate of drug-likeness (QED) is 0.164. The fourth-order valence-electron chi connectivity index (χ4n) is 4.77. The topological polar surface area (TPSA) is 172 Å². The number of nitrogens with zero attached hydrogens (tertiary/aromatic N) is 6. The summed E-state index contributed by atoms with van der Waals surface area (Å²) in [5.74, 6) is 1.41. The number of halogens is 1. The van der Waals surface area contributed by atoms with Crippen LogP contribution in [0.3, 0.4) is 0 Å². The van der Waals surface area contributed by atoms with Crippen molar-refractivity contribution in [2.75, 3.05) is 44.9 Å². The molecule has 2 aromatic heterocycles. The van der Waals surface area contributed by atoms with Crippen LogP contribution in [0.4, 0.5) is 11.6 Å². The molecule has 2 fully saturated rings. The minimum atomic E-state index is -0.186. The van der Waals surface area contributed by atoms with Gasteiger partial charge in [-0.3, -0.25) is 14.7 Å². The Morgan fingerprint density at radius 3 is 2.58 bits per heavy atom. The summed E-state index contributed by atoms with van der Waals surface area (Å²) >= 11 is 6.34. The smallest absolute Gasteiger partial charge is 0.258 e. The Balaban J connectivity index is 0.000000687. The number of benzene rings is 1. The van der Waals surface area contributed by atoms with Gasteiger partial charge in [0.2, 0.25) is 5.95 Å². The van der Waals surface area contributed by atoms with Crippen LogP contribution in [0.2, 0.25) is 5.02 Å². The molecule has 5 rings (SSSR count). The highest BCUT2D eigenvalue weighted by Crippen LogP contribution is 2.34. The summed E-state index contributed by atoms with van der Waals surface area (Å²) in [5.41, 5.74) is 13.0. The van der Waals surface area contributed by atoms with Gasteiger partial charge >= 0.3 is 0 Å². The van der Waals surface area contributed by atoms with E-state index in [0.717, 1.165) is 50.3 Å². The Morgan fingerprint density at radius 1 is 1.13 bits per heavy atom. The molecule has 2 aliphatic rings. The molecule has 6 N–H and O–H groups in total. The number of allylic oxidation sites excluding steroid dienone is 1. The van der Waals surface area contributed by atoms with Gasteiger partial charge in [-0.25, -0.2) is 9.97 Å². The second kappa shape index (κ2) is 18.6. The summed E-state index contributed by atoms with van der Waals surface area (Å²) in [4.78, 5) is 17.2. The molecule has 242 valence electrons. The zero-order valence-electron chi connectivity index (χ0n) is 25.6. The average Bonchev–Trinajstić information content (AvgIpc) is 3.48. The van der Waals surface area contributed by atoms with Crippen molar-refractivity contribution in [1.82, 2.24) is 25.1 Å². The molecule has 14 heteroatoms. The molecular weight excluding hydrogens is 596 g/mol. The van der Waals surface area contributed by atoms with E-state index in [1.54, 1.807) is 30.8 Å². The number of rotatable bonds is 12. The van der Waals surface area contributed by atoms with E-state index >= 15 is 0 Å². The molecule has 13 nitrogen and oxygen atoms in total. The van der Waals surface area contributed by atoms with Crippen molar-refractivity contribution >= 4 is 35.8 Å². The molecule has 1 saturated heterocycles. The first-order chi connectivity index (χ1) is 22.1. The lowest BCUT2D eigenvalue weighted by Gasteiger charge is -2.21. The summed E-state index contributed by atoms with van der Waals surface area (Å²) in [6, 6.07) is 5.88. The van der Waals surface area contributed by atoms with Crippen LogP contribution in [0.1, 0.15) is 45.1 Å². The normalized spacial score (nSPS) is 16.5. The number of morpholine rings is 1. The van der Waals surface area contributed by atoms with E-state index in [-0.39, 0.29) is 12.8 Å². The third-order valence-electron chi connectivity index (χ3n) is 7.03. The lowest BCUT2D eigenvalue weighted by Crippen LogP contribution is -2.30. The zero-order valence-corrected chi connectivity index (χ0v) is 26.4. The first-order valence-corrected chi connectivity index (χ1v) is 15.6. The van der Waals surface area contributed by atoms with Crippen LogP contribution >= 0.6 is 11.6 Å². The maximum atomic E-state index is 6.34. The fourth-order valence-corrected chi connectivity index (χ4v) is 4.93. The van der Waals surface area contributed by atoms with Crippen LogP contribution < -0.4 is 31.6 Å². The molecule has 0 unspecified atom stereocenters. The average molecular weight is 639 g/mol. The van der Waals surface area contributed by atoms with Crippen LogP contribution in [0, 0.1) is 0 Å². The van der Waals surface area contributed by atoms with Gasteiger partial charge in [-0.15, -0.1) is 5.10 Å². The second-order valence-corrected chi connectivity index (χ2v) is 10.9. The van der Waals surface area contributed by atoms with Crippen molar-refractivity contribution in [3.8, 4) is 22.8 Å². The van der Waals surface area contributed by atoms with Crippen molar-refractivity contribution in [3.05, 3.63) is 54.1 Å². The van der Waals surface area contributed by atoms with Gasteiger partial charge in [-0.05, 0) is 49.7 Å². The maximum absolute atomic E-state index is 6.34. The number of hydrogen-bond acceptors (Lipinski definition) is 11. The predicted octanol–water partition coefficient (Wildman–Crippen LogP) is 4.48. The third kappa shape index (κ3) is 11.0. The highest BCUT2D eigenvalue weighted by atomic mass is 35.5. The number of aromatic nitrogens is 4. The number of anilines is 2. The van der Waals surface area contributed by atoms with E-state index in [2.05, 4.69) is 30.6 Å². The highest BCUT2D eigenvalue weighted by Gasteiger charge is 2.20. The number of nitrogens with two attached hydrogens (primary N) is 2. The molecule has 1 aromatic carbocycles. The van der Waals surface area contributed by atoms with Crippen LogP contribution in [-0.2, 0) is 4.74 Å². The number of hydrogen-bond donors (Lipinski definition) is 4. The van der Waals surface area contributed by atoms with E-state index < -0.39 is 0 Å². The Morgan fingerprint density at radius 2 is 1.91 bits per heavy atom. The second-order valence-electron chi connectivity index (χ2n) is 10.5.